The van der Waals surface area contributed by atoms with Crippen LogP contribution in [-0.4, -0.2) is 39.1 Å². The number of pyridine rings is 1. The van der Waals surface area contributed by atoms with E-state index in [1.54, 1.807) is 12.1 Å². The van der Waals surface area contributed by atoms with E-state index < -0.39 is 10.0 Å². The van der Waals surface area contributed by atoms with Crippen molar-refractivity contribution in [3.8, 4) is 0 Å². The highest BCUT2D eigenvalue weighted by molar-refractivity contribution is 7.89. The Morgan fingerprint density at radius 2 is 2.10 bits per heavy atom. The van der Waals surface area contributed by atoms with Crippen LogP contribution in [0.2, 0.25) is 0 Å². The minimum absolute atomic E-state index is 0.0663. The molecular weight excluding hydrogens is 288 g/mol. The average Bonchev–Trinajstić information content (AvgIpc) is 3.11. The highest BCUT2D eigenvalue weighted by atomic mass is 32.2. The van der Waals surface area contributed by atoms with E-state index in [-0.39, 0.29) is 4.90 Å². The maximum Gasteiger partial charge on any atom is 0.239 e. The van der Waals surface area contributed by atoms with Crippen LogP contribution in [0.15, 0.2) is 23.2 Å². The molecule has 0 radical (unpaired) electrons. The zero-order chi connectivity index (χ0) is 14.9. The lowest BCUT2D eigenvalue weighted by Gasteiger charge is -2.27. The van der Waals surface area contributed by atoms with E-state index >= 15 is 0 Å². The summed E-state index contributed by atoms with van der Waals surface area (Å²) in [5, 5.41) is 8.62. The van der Waals surface area contributed by atoms with Crippen LogP contribution in [0.25, 0.3) is 0 Å². The van der Waals surface area contributed by atoms with Crippen molar-refractivity contribution in [2.24, 2.45) is 11.1 Å². The number of primary sulfonamides is 1. The van der Waals surface area contributed by atoms with Crippen molar-refractivity contribution in [2.75, 3.05) is 24.5 Å². The number of nitrogens with zero attached hydrogens (tertiary/aromatic N) is 2. The average molecular weight is 310 g/mol. The van der Waals surface area contributed by atoms with Crippen LogP contribution in [0.4, 0.5) is 5.82 Å². The molecule has 0 amide bonds. The van der Waals surface area contributed by atoms with Crippen LogP contribution in [0.1, 0.15) is 25.7 Å². The number of hydrogen-bond acceptors (Lipinski definition) is 5. The lowest BCUT2D eigenvalue weighted by Crippen LogP contribution is -2.39. The second kappa shape index (κ2) is 5.90. The van der Waals surface area contributed by atoms with Gasteiger partial charge in [0.15, 0.2) is 0 Å². The molecule has 3 rings (SSSR count). The first-order valence-electron chi connectivity index (χ1n) is 7.49. The van der Waals surface area contributed by atoms with Crippen LogP contribution in [0, 0.1) is 5.92 Å². The largest absolute Gasteiger partial charge is 0.355 e. The van der Waals surface area contributed by atoms with E-state index in [1.165, 1.54) is 31.9 Å². The Labute approximate surface area is 125 Å². The highest BCUT2D eigenvalue weighted by Gasteiger charge is 2.27. The van der Waals surface area contributed by atoms with Crippen LogP contribution in [0.3, 0.4) is 0 Å². The molecule has 1 aliphatic carbocycles. The molecule has 21 heavy (non-hydrogen) atoms. The fraction of sp³-hybridized carbons (Fsp3) is 0.643. The molecule has 3 N–H and O–H groups in total. The molecular formula is C14H22N4O2S. The molecule has 6 nitrogen and oxygen atoms in total. The highest BCUT2D eigenvalue weighted by Crippen LogP contribution is 2.31. The summed E-state index contributed by atoms with van der Waals surface area (Å²) in [4.78, 5) is 6.65. The SMILES string of the molecule is NS(=O)(=O)c1ccc(N(CC2CC2)CC2CCCN2)nc1. The number of sulfonamides is 1. The second-order valence-electron chi connectivity index (χ2n) is 6.04. The minimum Gasteiger partial charge on any atom is -0.355 e. The Hall–Kier alpha value is -1.18. The van der Waals surface area contributed by atoms with Gasteiger partial charge in [0.05, 0.1) is 0 Å². The van der Waals surface area contributed by atoms with Crippen molar-refractivity contribution in [1.82, 2.24) is 10.3 Å². The molecule has 2 aliphatic rings. The molecule has 1 aromatic rings. The van der Waals surface area contributed by atoms with Crippen molar-refractivity contribution < 1.29 is 8.42 Å². The van der Waals surface area contributed by atoms with E-state index in [0.29, 0.717) is 6.04 Å². The van der Waals surface area contributed by atoms with Crippen molar-refractivity contribution in [1.29, 1.82) is 0 Å². The summed E-state index contributed by atoms with van der Waals surface area (Å²) in [6.45, 7) is 3.01. The molecule has 1 unspecified atom stereocenters. The third kappa shape index (κ3) is 3.93. The molecule has 1 saturated heterocycles. The van der Waals surface area contributed by atoms with Gasteiger partial charge in [-0.1, -0.05) is 0 Å². The zero-order valence-electron chi connectivity index (χ0n) is 12.0. The van der Waals surface area contributed by atoms with Gasteiger partial charge in [0.2, 0.25) is 10.0 Å². The third-order valence-electron chi connectivity index (χ3n) is 4.15. The summed E-state index contributed by atoms with van der Waals surface area (Å²) in [7, 11) is -3.67. The number of anilines is 1. The van der Waals surface area contributed by atoms with Gasteiger partial charge in [-0.2, -0.15) is 0 Å². The molecule has 0 aromatic carbocycles. The summed E-state index contributed by atoms with van der Waals surface area (Å²) >= 11 is 0. The van der Waals surface area contributed by atoms with E-state index in [9.17, 15) is 8.42 Å². The predicted molar refractivity (Wildman–Crippen MR) is 81.6 cm³/mol. The minimum atomic E-state index is -3.67. The molecule has 0 spiro atoms. The standard InChI is InChI=1S/C14H22N4O2S/c15-21(19,20)13-5-6-14(17-8-13)18(9-11-3-4-11)10-12-2-1-7-16-12/h5-6,8,11-12,16H,1-4,7,9-10H2,(H2,15,19,20). The lowest BCUT2D eigenvalue weighted by molar-refractivity contribution is 0.566. The summed E-state index contributed by atoms with van der Waals surface area (Å²) in [5.74, 6) is 1.59. The smallest absolute Gasteiger partial charge is 0.239 e. The predicted octanol–water partition coefficient (Wildman–Crippen LogP) is 0.697. The van der Waals surface area contributed by atoms with Gasteiger partial charge in [-0.3, -0.25) is 0 Å². The van der Waals surface area contributed by atoms with E-state index in [1.807, 2.05) is 0 Å². The van der Waals surface area contributed by atoms with Gasteiger partial charge in [0.1, 0.15) is 10.7 Å². The molecule has 2 heterocycles. The third-order valence-corrected chi connectivity index (χ3v) is 5.05. The Morgan fingerprint density at radius 1 is 1.29 bits per heavy atom. The molecule has 2 fully saturated rings. The second-order valence-corrected chi connectivity index (χ2v) is 7.60. The van der Waals surface area contributed by atoms with Gasteiger partial charge >= 0.3 is 0 Å². The van der Waals surface area contributed by atoms with Crippen molar-refractivity contribution >= 4 is 15.8 Å². The molecule has 116 valence electrons. The molecule has 0 bridgehead atoms. The van der Waals surface area contributed by atoms with Crippen molar-refractivity contribution in [3.05, 3.63) is 18.3 Å². The maximum absolute atomic E-state index is 11.3. The molecule has 1 aromatic heterocycles. The van der Waals surface area contributed by atoms with Gasteiger partial charge in [-0.15, -0.1) is 0 Å². The monoisotopic (exact) mass is 310 g/mol. The van der Waals surface area contributed by atoms with Gasteiger partial charge in [0, 0.05) is 25.3 Å². The topological polar surface area (TPSA) is 88.3 Å². The van der Waals surface area contributed by atoms with E-state index in [0.717, 1.165) is 31.4 Å². The first kappa shape index (κ1) is 14.7. The molecule has 1 atom stereocenters. The van der Waals surface area contributed by atoms with Gasteiger partial charge in [-0.05, 0) is 50.3 Å². The molecule has 1 aliphatic heterocycles. The first-order valence-corrected chi connectivity index (χ1v) is 9.04. The first-order chi connectivity index (χ1) is 10.0. The number of nitrogens with one attached hydrogen (secondary N) is 1. The summed E-state index contributed by atoms with van der Waals surface area (Å²) in [6, 6.07) is 3.81. The fourth-order valence-corrected chi connectivity index (χ4v) is 3.24. The van der Waals surface area contributed by atoms with Crippen LogP contribution in [-0.2, 0) is 10.0 Å². The number of nitrogens with two attached hydrogens (primary N) is 1. The lowest BCUT2D eigenvalue weighted by atomic mass is 10.2. The quantitative estimate of drug-likeness (QED) is 0.807. The summed E-state index contributed by atoms with van der Waals surface area (Å²) in [5.41, 5.74) is 0. The van der Waals surface area contributed by atoms with Crippen molar-refractivity contribution in [2.45, 2.75) is 36.6 Å². The number of rotatable bonds is 6. The normalized spacial score (nSPS) is 22.4. The molecule has 1 saturated carbocycles. The van der Waals surface area contributed by atoms with Gasteiger partial charge < -0.3 is 10.2 Å². The van der Waals surface area contributed by atoms with Crippen molar-refractivity contribution in [3.63, 3.8) is 0 Å². The van der Waals surface area contributed by atoms with Gasteiger partial charge in [-0.25, -0.2) is 18.5 Å². The Kier molecular flexibility index (Phi) is 4.14. The van der Waals surface area contributed by atoms with E-state index in [4.69, 9.17) is 5.14 Å². The zero-order valence-corrected chi connectivity index (χ0v) is 12.8. The summed E-state index contributed by atoms with van der Waals surface area (Å²) < 4.78 is 22.6. The number of aromatic nitrogens is 1. The van der Waals surface area contributed by atoms with E-state index in [2.05, 4.69) is 15.2 Å². The Bertz CT molecular complexity index is 577. The summed E-state index contributed by atoms with van der Waals surface area (Å²) in [6.07, 6.45) is 6.33. The fourth-order valence-electron chi connectivity index (χ4n) is 2.78. The molecule has 7 heteroatoms. The van der Waals surface area contributed by atoms with Crippen LogP contribution < -0.4 is 15.4 Å². The Balaban J connectivity index is 1.74. The number of hydrogen-bond donors (Lipinski definition) is 2. The van der Waals surface area contributed by atoms with Gasteiger partial charge in [0.25, 0.3) is 0 Å². The van der Waals surface area contributed by atoms with Crippen LogP contribution >= 0.6 is 0 Å². The maximum atomic E-state index is 11.3. The Morgan fingerprint density at radius 3 is 2.62 bits per heavy atom. The van der Waals surface area contributed by atoms with Crippen LogP contribution in [0.5, 0.6) is 0 Å².